The maximum Gasteiger partial charge on any atom is 0.235 e. The summed E-state index contributed by atoms with van der Waals surface area (Å²) >= 11 is 8.94. The molecule has 0 spiro atoms. The van der Waals surface area contributed by atoms with Crippen LogP contribution in [0.5, 0.6) is 5.75 Å². The molecule has 0 unspecified atom stereocenters. The monoisotopic (exact) mass is 305 g/mol. The number of amides is 1. The molecule has 0 heterocycles. The van der Waals surface area contributed by atoms with Crippen molar-refractivity contribution in [3.63, 3.8) is 0 Å². The van der Waals surface area contributed by atoms with Gasteiger partial charge in [-0.1, -0.05) is 34.5 Å². The van der Waals surface area contributed by atoms with Gasteiger partial charge >= 0.3 is 0 Å². The van der Waals surface area contributed by atoms with Crippen molar-refractivity contribution in [2.45, 2.75) is 13.3 Å². The number of hydrogen-bond donors (Lipinski definition) is 1. The average molecular weight is 307 g/mol. The van der Waals surface area contributed by atoms with E-state index in [1.54, 1.807) is 18.2 Å². The molecule has 0 aliphatic carbocycles. The number of alkyl halides is 1. The van der Waals surface area contributed by atoms with Gasteiger partial charge in [0.15, 0.2) is 0 Å². The van der Waals surface area contributed by atoms with E-state index in [4.69, 9.17) is 16.3 Å². The molecule has 1 N–H and O–H groups in total. The molecule has 16 heavy (non-hydrogen) atoms. The fraction of sp³-hybridized carbons (Fsp3) is 0.364. The minimum atomic E-state index is -0.136. The second kappa shape index (κ2) is 6.76. The van der Waals surface area contributed by atoms with Gasteiger partial charge in [-0.05, 0) is 24.6 Å². The lowest BCUT2D eigenvalue weighted by Crippen LogP contribution is -2.13. The lowest BCUT2D eigenvalue weighted by Gasteiger charge is -2.11. The van der Waals surface area contributed by atoms with E-state index in [0.29, 0.717) is 23.1 Å². The lowest BCUT2D eigenvalue weighted by molar-refractivity contribution is -0.113. The number of hydrogen-bond acceptors (Lipinski definition) is 2. The fourth-order valence-corrected chi connectivity index (χ4v) is 1.43. The third kappa shape index (κ3) is 4.02. The Morgan fingerprint density at radius 3 is 2.94 bits per heavy atom. The highest BCUT2D eigenvalue weighted by Gasteiger charge is 2.07. The van der Waals surface area contributed by atoms with Crippen molar-refractivity contribution < 1.29 is 9.53 Å². The van der Waals surface area contributed by atoms with Gasteiger partial charge in [0.25, 0.3) is 0 Å². The first-order chi connectivity index (χ1) is 7.67. The van der Waals surface area contributed by atoms with Gasteiger partial charge < -0.3 is 10.1 Å². The lowest BCUT2D eigenvalue weighted by atomic mass is 10.3. The zero-order valence-corrected chi connectivity index (χ0v) is 11.3. The standard InChI is InChI=1S/C11H13BrClNO2/c1-2-5-16-10-4-3-8(13)6-9(10)14-11(15)7-12/h3-4,6H,2,5,7H2,1H3,(H,14,15). The van der Waals surface area contributed by atoms with E-state index in [0.717, 1.165) is 6.42 Å². The van der Waals surface area contributed by atoms with Crippen LogP contribution in [0, 0.1) is 0 Å². The molecule has 0 fully saturated rings. The van der Waals surface area contributed by atoms with Crippen molar-refractivity contribution in [3.8, 4) is 5.75 Å². The first-order valence-corrected chi connectivity index (χ1v) is 6.45. The molecular weight excluding hydrogens is 293 g/mol. The average Bonchev–Trinajstić information content (AvgIpc) is 2.28. The molecular formula is C11H13BrClNO2. The van der Waals surface area contributed by atoms with E-state index < -0.39 is 0 Å². The van der Waals surface area contributed by atoms with E-state index in [2.05, 4.69) is 21.2 Å². The SMILES string of the molecule is CCCOc1ccc(Cl)cc1NC(=O)CBr. The van der Waals surface area contributed by atoms with Gasteiger partial charge in [0.2, 0.25) is 5.91 Å². The molecule has 0 aliphatic heterocycles. The molecule has 0 aliphatic rings. The first-order valence-electron chi connectivity index (χ1n) is 4.95. The Morgan fingerprint density at radius 1 is 1.56 bits per heavy atom. The minimum absolute atomic E-state index is 0.136. The number of ether oxygens (including phenoxy) is 1. The first kappa shape index (κ1) is 13.3. The van der Waals surface area contributed by atoms with E-state index in [1.807, 2.05) is 6.92 Å². The summed E-state index contributed by atoms with van der Waals surface area (Å²) in [5.41, 5.74) is 0.602. The minimum Gasteiger partial charge on any atom is -0.491 e. The molecule has 0 aromatic heterocycles. The third-order valence-electron chi connectivity index (χ3n) is 1.80. The number of anilines is 1. The Labute approximate surface area is 108 Å². The highest BCUT2D eigenvalue weighted by Crippen LogP contribution is 2.28. The summed E-state index contributed by atoms with van der Waals surface area (Å²) in [5.74, 6) is 0.504. The molecule has 0 saturated heterocycles. The van der Waals surface area contributed by atoms with Crippen LogP contribution in [0.15, 0.2) is 18.2 Å². The molecule has 0 saturated carbocycles. The number of carbonyl (C=O) groups is 1. The van der Waals surface area contributed by atoms with Gasteiger partial charge in [0.05, 0.1) is 17.6 Å². The highest BCUT2D eigenvalue weighted by atomic mass is 79.9. The van der Waals surface area contributed by atoms with E-state index >= 15 is 0 Å². The molecule has 0 atom stereocenters. The van der Waals surface area contributed by atoms with Gasteiger partial charge in [0, 0.05) is 5.02 Å². The number of rotatable bonds is 5. The maximum atomic E-state index is 11.3. The molecule has 88 valence electrons. The molecule has 0 radical (unpaired) electrons. The van der Waals surface area contributed by atoms with Crippen LogP contribution in [-0.2, 0) is 4.79 Å². The van der Waals surface area contributed by atoms with Crippen LogP contribution in [0.25, 0.3) is 0 Å². The second-order valence-electron chi connectivity index (χ2n) is 3.17. The Morgan fingerprint density at radius 2 is 2.31 bits per heavy atom. The maximum absolute atomic E-state index is 11.3. The number of halogens is 2. The zero-order chi connectivity index (χ0) is 12.0. The number of benzene rings is 1. The summed E-state index contributed by atoms with van der Waals surface area (Å²) in [6.07, 6.45) is 0.911. The van der Waals surface area contributed by atoms with Gasteiger partial charge in [-0.15, -0.1) is 0 Å². The molecule has 1 aromatic rings. The van der Waals surface area contributed by atoms with E-state index in [1.165, 1.54) is 0 Å². The summed E-state index contributed by atoms with van der Waals surface area (Å²) in [6.45, 7) is 2.63. The van der Waals surface area contributed by atoms with Crippen LogP contribution < -0.4 is 10.1 Å². The van der Waals surface area contributed by atoms with Gasteiger partial charge in [-0.25, -0.2) is 0 Å². The topological polar surface area (TPSA) is 38.3 Å². The van der Waals surface area contributed by atoms with Crippen molar-refractivity contribution in [3.05, 3.63) is 23.2 Å². The quantitative estimate of drug-likeness (QED) is 0.846. The van der Waals surface area contributed by atoms with Crippen LogP contribution in [-0.4, -0.2) is 17.8 Å². The molecule has 1 aromatic carbocycles. The Balaban J connectivity index is 2.84. The summed E-state index contributed by atoms with van der Waals surface area (Å²) in [6, 6.07) is 5.16. The van der Waals surface area contributed by atoms with Crippen LogP contribution >= 0.6 is 27.5 Å². The number of nitrogens with one attached hydrogen (secondary N) is 1. The molecule has 5 heteroatoms. The van der Waals surface area contributed by atoms with Gasteiger partial charge in [-0.2, -0.15) is 0 Å². The van der Waals surface area contributed by atoms with Gasteiger partial charge in [0.1, 0.15) is 5.75 Å². The van der Waals surface area contributed by atoms with Crippen molar-refractivity contribution in [2.75, 3.05) is 17.3 Å². The normalized spacial score (nSPS) is 9.94. The summed E-state index contributed by atoms with van der Waals surface area (Å²) in [5, 5.41) is 3.52. The van der Waals surface area contributed by atoms with Crippen molar-refractivity contribution in [1.29, 1.82) is 0 Å². The van der Waals surface area contributed by atoms with Crippen molar-refractivity contribution >= 4 is 39.1 Å². The summed E-state index contributed by atoms with van der Waals surface area (Å²) in [4.78, 5) is 11.3. The van der Waals surface area contributed by atoms with Crippen LogP contribution in [0.3, 0.4) is 0 Å². The third-order valence-corrected chi connectivity index (χ3v) is 2.54. The number of carbonyl (C=O) groups excluding carboxylic acids is 1. The Bertz CT molecular complexity index is 371. The molecule has 1 rings (SSSR count). The largest absolute Gasteiger partial charge is 0.491 e. The van der Waals surface area contributed by atoms with Crippen LogP contribution in [0.4, 0.5) is 5.69 Å². The smallest absolute Gasteiger partial charge is 0.235 e. The van der Waals surface area contributed by atoms with Gasteiger partial charge in [-0.3, -0.25) is 4.79 Å². The van der Waals surface area contributed by atoms with E-state index in [9.17, 15) is 4.79 Å². The Kier molecular flexibility index (Phi) is 5.63. The second-order valence-corrected chi connectivity index (χ2v) is 4.17. The molecule has 3 nitrogen and oxygen atoms in total. The summed E-state index contributed by atoms with van der Waals surface area (Å²) < 4.78 is 5.50. The highest BCUT2D eigenvalue weighted by molar-refractivity contribution is 9.09. The van der Waals surface area contributed by atoms with Crippen LogP contribution in [0.1, 0.15) is 13.3 Å². The molecule has 0 bridgehead atoms. The van der Waals surface area contributed by atoms with Crippen molar-refractivity contribution in [2.24, 2.45) is 0 Å². The van der Waals surface area contributed by atoms with Crippen molar-refractivity contribution in [1.82, 2.24) is 0 Å². The zero-order valence-electron chi connectivity index (χ0n) is 8.93. The Hall–Kier alpha value is -0.740. The predicted octanol–water partition coefficient (Wildman–Crippen LogP) is 3.46. The molecule has 1 amide bonds. The van der Waals surface area contributed by atoms with E-state index in [-0.39, 0.29) is 11.2 Å². The predicted molar refractivity (Wildman–Crippen MR) is 69.7 cm³/mol. The summed E-state index contributed by atoms with van der Waals surface area (Å²) in [7, 11) is 0. The fourth-order valence-electron chi connectivity index (χ4n) is 1.12. The van der Waals surface area contributed by atoms with Crippen LogP contribution in [0.2, 0.25) is 5.02 Å².